The highest BCUT2D eigenvalue weighted by molar-refractivity contribution is 7.42. The molecule has 0 amide bonds. The molecule has 0 aliphatic carbocycles. The Labute approximate surface area is 373 Å². The quantitative estimate of drug-likeness (QED) is 0.0725. The summed E-state index contributed by atoms with van der Waals surface area (Å²) in [6, 6.07) is -0.129. The van der Waals surface area contributed by atoms with Gasteiger partial charge in [0.25, 0.3) is 0 Å². The van der Waals surface area contributed by atoms with Crippen LogP contribution in [0, 0.1) is 0 Å². The average molecular weight is 1200 g/mol. The molecule has 0 fully saturated rings. The normalized spacial score (nSPS) is 14.9. The molecule has 0 heterocycles. The van der Waals surface area contributed by atoms with Gasteiger partial charge < -0.3 is 18.4 Å². The predicted molar refractivity (Wildman–Crippen MR) is 168 cm³/mol. The van der Waals surface area contributed by atoms with Crippen molar-refractivity contribution in [2.45, 2.75) is 115 Å². The minimum atomic E-state index is -8.36. The van der Waals surface area contributed by atoms with Gasteiger partial charge in [-0.05, 0) is 6.42 Å². The van der Waals surface area contributed by atoms with E-state index in [2.05, 4.69) is 8.85 Å². The lowest BCUT2D eigenvalue weighted by Crippen LogP contribution is -2.72. The van der Waals surface area contributed by atoms with Crippen LogP contribution in [0.2, 0.25) is 12.1 Å². The molecular formula is C26H29Cl2F35O4Si2. The number of unbranched alkanes of at least 4 members (excludes halogenated alkanes) is 1. The number of hydrogen-bond donors (Lipinski definition) is 2. The van der Waals surface area contributed by atoms with Crippen molar-refractivity contribution >= 4 is 37.9 Å². The minimum Gasteiger partial charge on any atom is -0.396 e. The predicted octanol–water partition coefficient (Wildman–Crippen LogP) is 14.0. The van der Waals surface area contributed by atoms with E-state index in [4.69, 9.17) is 31.7 Å². The second-order valence-corrected chi connectivity index (χ2v) is 20.9. The third-order valence-corrected chi connectivity index (χ3v) is 12.0. The molecule has 43 heteroatoms. The molecule has 0 radical (unpaired) electrons. The maximum atomic E-state index is 12.8. The van der Waals surface area contributed by atoms with Gasteiger partial charge in [-0.1, -0.05) is 13.3 Å². The number of rotatable bonds is 20. The number of alkyl halides is 35. The molecule has 0 rings (SSSR count). The molecule has 424 valence electrons. The Hall–Kier alpha value is -1.60. The number of hydrogen-bond acceptors (Lipinski definition) is 4. The summed E-state index contributed by atoms with van der Waals surface area (Å²) >= 11 is 10.9. The Morgan fingerprint density at radius 3 is 0.710 bits per heavy atom. The van der Waals surface area contributed by atoms with Crippen LogP contribution >= 0.6 is 22.2 Å². The average Bonchev–Trinajstić information content (AvgIpc) is 3.17. The SMILES string of the molecule is CCCCF.CO[Si](Cl)(Cl)CCF.CO[Si](O)(O)CCF.FCC(F)(F)C(F)(F)C(F)(F)C(F)(F)C(F)(F)C(F)(F)C(F)(F)F.FCC(F)(F)C(F)(F)C(F)(F)C(F)(F)C(F)(F)C(F)(F)C(F)(F)F. The van der Waals surface area contributed by atoms with Crippen molar-refractivity contribution < 1.29 is 172 Å². The molecule has 0 unspecified atom stereocenters. The summed E-state index contributed by atoms with van der Waals surface area (Å²) in [6.45, 7) is -9.72. The standard InChI is InChI=1S/2C8H2F16.C4H9F.C3H7Cl2FOSi.C3H9FO3Si/c2*9-1-2(10,11)3(12,13)4(14,15)5(16,17)6(18,19)7(20,21)8(22,23)24;1-2-3-4-5;1-7-8(4,5)3-2-6;1-7-8(5,6)3-2-4/h2*1H2;2-4H2,1H3;2-3H2,1H3;5-6H,2-3H2,1H3. The molecular weight excluding hydrogens is 1170 g/mol. The Bertz CT molecular complexity index is 1370. The first kappa shape index (κ1) is 76.3. The third kappa shape index (κ3) is 16.7. The second kappa shape index (κ2) is 25.6. The summed E-state index contributed by atoms with van der Waals surface area (Å²) in [7, 11) is -1.01. The summed E-state index contributed by atoms with van der Waals surface area (Å²) in [5.41, 5.74) is 0. The monoisotopic (exact) mass is 1200 g/mol. The van der Waals surface area contributed by atoms with Crippen LogP contribution in [0.15, 0.2) is 0 Å². The zero-order valence-corrected chi connectivity index (χ0v) is 36.6. The van der Waals surface area contributed by atoms with Crippen LogP contribution in [0.5, 0.6) is 0 Å². The molecule has 0 spiro atoms. The van der Waals surface area contributed by atoms with Gasteiger partial charge in [-0.25, -0.2) is 8.78 Å². The zero-order valence-electron chi connectivity index (χ0n) is 33.1. The van der Waals surface area contributed by atoms with E-state index in [0.717, 1.165) is 20.0 Å². The fourth-order valence-electron chi connectivity index (χ4n) is 2.74. The van der Waals surface area contributed by atoms with Gasteiger partial charge in [0.1, 0.15) is 0 Å². The van der Waals surface area contributed by atoms with Crippen molar-refractivity contribution in [3.8, 4) is 0 Å². The molecule has 0 aromatic carbocycles. The molecule has 0 atom stereocenters. The Morgan fingerprint density at radius 1 is 0.362 bits per heavy atom. The molecule has 0 bridgehead atoms. The van der Waals surface area contributed by atoms with E-state index in [0.29, 0.717) is 0 Å². The molecule has 0 aromatic heterocycles. The lowest BCUT2D eigenvalue weighted by Gasteiger charge is -2.41. The van der Waals surface area contributed by atoms with Crippen LogP contribution in [0.25, 0.3) is 0 Å². The summed E-state index contributed by atoms with van der Waals surface area (Å²) in [5, 5.41) is 0. The third-order valence-electron chi connectivity index (χ3n) is 7.04. The van der Waals surface area contributed by atoms with Gasteiger partial charge in [-0.2, -0.15) is 132 Å². The van der Waals surface area contributed by atoms with Gasteiger partial charge in [0.05, 0.1) is 20.0 Å². The lowest BCUT2D eigenvalue weighted by atomic mass is 9.91. The van der Waals surface area contributed by atoms with Gasteiger partial charge in [-0.3, -0.25) is 13.2 Å². The van der Waals surface area contributed by atoms with Gasteiger partial charge in [0.15, 0.2) is 13.3 Å². The molecule has 0 aliphatic rings. The molecule has 0 saturated carbocycles. The summed E-state index contributed by atoms with van der Waals surface area (Å²) < 4.78 is 437. The Morgan fingerprint density at radius 2 is 0.594 bits per heavy atom. The zero-order chi connectivity index (χ0) is 57.8. The van der Waals surface area contributed by atoms with Gasteiger partial charge in [-0.15, -0.1) is 22.2 Å². The highest BCUT2D eigenvalue weighted by atomic mass is 35.7. The highest BCUT2D eigenvalue weighted by Crippen LogP contribution is 2.64. The maximum Gasteiger partial charge on any atom is 0.497 e. The largest absolute Gasteiger partial charge is 0.497 e. The van der Waals surface area contributed by atoms with Gasteiger partial charge in [0.2, 0.25) is 0 Å². The lowest BCUT2D eigenvalue weighted by molar-refractivity contribution is -0.452. The van der Waals surface area contributed by atoms with Crippen LogP contribution in [-0.4, -0.2) is 156 Å². The highest BCUT2D eigenvalue weighted by Gasteiger charge is 2.95. The fourth-order valence-corrected chi connectivity index (χ4v) is 4.04. The van der Waals surface area contributed by atoms with Crippen LogP contribution in [0.4, 0.5) is 154 Å². The van der Waals surface area contributed by atoms with Gasteiger partial charge >= 0.3 is 99.2 Å². The van der Waals surface area contributed by atoms with E-state index in [1.54, 1.807) is 0 Å². The number of halogens is 37. The molecule has 0 aromatic rings. The first-order chi connectivity index (χ1) is 29.8. The van der Waals surface area contributed by atoms with E-state index in [1.165, 1.54) is 7.11 Å². The molecule has 2 N–H and O–H groups in total. The van der Waals surface area contributed by atoms with Crippen LogP contribution in [-0.2, 0) is 8.85 Å². The second-order valence-electron chi connectivity index (χ2n) is 12.1. The van der Waals surface area contributed by atoms with E-state index < -0.39 is 126 Å². The maximum absolute atomic E-state index is 12.8. The van der Waals surface area contributed by atoms with Crippen LogP contribution < -0.4 is 0 Å². The van der Waals surface area contributed by atoms with Crippen molar-refractivity contribution in [3.63, 3.8) is 0 Å². The Balaban J connectivity index is -0.000000280. The summed E-state index contributed by atoms with van der Waals surface area (Å²) in [5.74, 6) is -94.8. The van der Waals surface area contributed by atoms with Crippen LogP contribution in [0.1, 0.15) is 19.8 Å². The molecule has 0 aliphatic heterocycles. The molecule has 69 heavy (non-hydrogen) atoms. The van der Waals surface area contributed by atoms with Crippen molar-refractivity contribution in [3.05, 3.63) is 0 Å². The smallest absolute Gasteiger partial charge is 0.396 e. The Kier molecular flexibility index (Phi) is 28.3. The van der Waals surface area contributed by atoms with E-state index in [9.17, 15) is 154 Å². The van der Waals surface area contributed by atoms with Crippen molar-refractivity contribution in [1.82, 2.24) is 0 Å². The van der Waals surface area contributed by atoms with E-state index >= 15 is 0 Å². The van der Waals surface area contributed by atoms with E-state index in [-0.39, 0.29) is 18.8 Å². The fraction of sp³-hybridized carbons (Fsp3) is 1.00. The first-order valence-electron chi connectivity index (χ1n) is 16.2. The van der Waals surface area contributed by atoms with Crippen molar-refractivity contribution in [2.75, 3.05) is 47.6 Å². The van der Waals surface area contributed by atoms with E-state index in [1.807, 2.05) is 6.92 Å². The summed E-state index contributed by atoms with van der Waals surface area (Å²) in [4.78, 5) is 17.1. The van der Waals surface area contributed by atoms with Crippen molar-refractivity contribution in [2.24, 2.45) is 0 Å². The first-order valence-corrected chi connectivity index (χ1v) is 22.3. The van der Waals surface area contributed by atoms with Crippen molar-refractivity contribution in [1.29, 1.82) is 0 Å². The minimum absolute atomic E-state index is 0.145. The molecule has 0 saturated heterocycles. The van der Waals surface area contributed by atoms with Crippen LogP contribution in [0.3, 0.4) is 0 Å². The summed E-state index contributed by atoms with van der Waals surface area (Å²) in [6.07, 6.45) is -13.6. The van der Waals surface area contributed by atoms with Gasteiger partial charge in [0, 0.05) is 26.3 Å². The topological polar surface area (TPSA) is 58.9 Å². The molecule has 4 nitrogen and oxygen atoms in total.